The van der Waals surface area contributed by atoms with E-state index in [1.165, 1.54) is 10.9 Å². The van der Waals surface area contributed by atoms with Crippen LogP contribution in [0, 0.1) is 22.7 Å². The second kappa shape index (κ2) is 11.6. The summed E-state index contributed by atoms with van der Waals surface area (Å²) in [6.07, 6.45) is 1.22. The van der Waals surface area contributed by atoms with E-state index >= 15 is 0 Å². The first kappa shape index (κ1) is 27.6. The van der Waals surface area contributed by atoms with E-state index in [1.54, 1.807) is 73.7 Å². The van der Waals surface area contributed by atoms with E-state index in [9.17, 15) is 20.1 Å². The minimum absolute atomic E-state index is 0.00675. The Hall–Kier alpha value is -5.98. The molecule has 5 rings (SSSR count). The summed E-state index contributed by atoms with van der Waals surface area (Å²) in [6.45, 7) is 1.75. The Morgan fingerprint density at radius 2 is 1.81 bits per heavy atom. The van der Waals surface area contributed by atoms with Gasteiger partial charge in [0.1, 0.15) is 41.5 Å². The number of nitrogens with one attached hydrogen (secondary N) is 3. The van der Waals surface area contributed by atoms with Gasteiger partial charge in [-0.2, -0.15) is 10.5 Å². The number of hydrogen-bond acceptors (Lipinski definition) is 9. The van der Waals surface area contributed by atoms with Crippen LogP contribution in [0.2, 0.25) is 5.02 Å². The Morgan fingerprint density at radius 3 is 2.60 bits per heavy atom. The molecule has 2 aromatic heterocycles. The van der Waals surface area contributed by atoms with Crippen molar-refractivity contribution in [3.05, 3.63) is 105 Å². The molecule has 0 spiro atoms. The fourth-order valence-electron chi connectivity index (χ4n) is 4.33. The molecule has 1 atom stereocenters. The van der Waals surface area contributed by atoms with Gasteiger partial charge in [-0.25, -0.2) is 19.7 Å². The number of hydrogen-bond donors (Lipinski definition) is 4. The molecule has 0 aliphatic carbocycles. The second-order valence-electron chi connectivity index (χ2n) is 8.99. The molecule has 13 heteroatoms. The molecule has 3 aromatic carbocycles. The molecule has 1 unspecified atom stereocenters. The van der Waals surface area contributed by atoms with Crippen LogP contribution in [-0.4, -0.2) is 25.6 Å². The molecular formula is C29H21ClN10O2. The number of carbonyl (C=O) groups is 1. The number of para-hydroxylation sites is 1. The summed E-state index contributed by atoms with van der Waals surface area (Å²) in [5.41, 5.74) is 7.25. The third-order valence-corrected chi connectivity index (χ3v) is 6.57. The summed E-state index contributed by atoms with van der Waals surface area (Å²) in [7, 11) is 0. The van der Waals surface area contributed by atoms with Crippen molar-refractivity contribution in [1.29, 1.82) is 10.5 Å². The number of aromatic nitrogens is 4. The number of rotatable bonds is 6. The van der Waals surface area contributed by atoms with Crippen molar-refractivity contribution >= 4 is 51.5 Å². The number of halogens is 1. The molecule has 0 saturated heterocycles. The van der Waals surface area contributed by atoms with Gasteiger partial charge in [-0.3, -0.25) is 9.36 Å². The molecule has 0 aliphatic rings. The molecule has 12 nitrogen and oxygen atoms in total. The summed E-state index contributed by atoms with van der Waals surface area (Å²) in [4.78, 5) is 39.4. The lowest BCUT2D eigenvalue weighted by molar-refractivity contribution is 0.262. The number of carbonyl (C=O) groups excluding carboxylic acids is 1. The summed E-state index contributed by atoms with van der Waals surface area (Å²) in [6, 6.07) is 20.9. The van der Waals surface area contributed by atoms with Crippen molar-refractivity contribution in [3.8, 4) is 17.8 Å². The topological polar surface area (TPSA) is 187 Å². The lowest BCUT2D eigenvalue weighted by Crippen LogP contribution is -2.28. The van der Waals surface area contributed by atoms with E-state index in [0.717, 1.165) is 0 Å². The van der Waals surface area contributed by atoms with E-state index < -0.39 is 17.6 Å². The van der Waals surface area contributed by atoms with E-state index in [0.29, 0.717) is 28.1 Å². The molecule has 0 radical (unpaired) electrons. The Balaban J connectivity index is 1.56. The summed E-state index contributed by atoms with van der Waals surface area (Å²) in [5.74, 6) is 0.460. The van der Waals surface area contributed by atoms with Crippen LogP contribution in [0.3, 0.4) is 0 Å². The standard InChI is InChI=1S/C29H21ClN10O2/c1-16(36-26-20(14-32)25(33)34-15-35-26)27-38-23-11-5-9-21(30)24(23)28(41)40(27)19-8-4-7-18(12-19)37-29(42)39-22-10-3-2-6-17(22)13-31/h2-12,15-16H,1H3,(H2,37,39,42)(H3,33,34,35,36). The van der Waals surface area contributed by atoms with Gasteiger partial charge < -0.3 is 21.7 Å². The summed E-state index contributed by atoms with van der Waals surface area (Å²) >= 11 is 6.42. The average molecular weight is 577 g/mol. The predicted molar refractivity (Wildman–Crippen MR) is 159 cm³/mol. The Bertz CT molecular complexity index is 1990. The quantitative estimate of drug-likeness (QED) is 0.216. The van der Waals surface area contributed by atoms with Crippen LogP contribution in [0.1, 0.15) is 29.9 Å². The van der Waals surface area contributed by atoms with Crippen LogP contribution in [0.25, 0.3) is 16.6 Å². The van der Waals surface area contributed by atoms with Crippen LogP contribution >= 0.6 is 11.6 Å². The van der Waals surface area contributed by atoms with Gasteiger partial charge in [-0.1, -0.05) is 35.9 Å². The molecule has 0 fully saturated rings. The van der Waals surface area contributed by atoms with Crippen LogP contribution < -0.4 is 27.2 Å². The lowest BCUT2D eigenvalue weighted by atomic mass is 10.2. The average Bonchev–Trinajstić information content (AvgIpc) is 2.97. The molecule has 0 saturated carbocycles. The molecule has 0 bridgehead atoms. The third-order valence-electron chi connectivity index (χ3n) is 6.26. The molecule has 2 amide bonds. The maximum absolute atomic E-state index is 13.9. The van der Waals surface area contributed by atoms with Crippen LogP contribution in [-0.2, 0) is 0 Å². The Morgan fingerprint density at radius 1 is 1.02 bits per heavy atom. The van der Waals surface area contributed by atoms with Crippen molar-refractivity contribution in [2.75, 3.05) is 21.7 Å². The highest BCUT2D eigenvalue weighted by Gasteiger charge is 2.21. The van der Waals surface area contributed by atoms with Gasteiger partial charge in [0.2, 0.25) is 0 Å². The van der Waals surface area contributed by atoms with Crippen molar-refractivity contribution in [2.24, 2.45) is 0 Å². The summed E-state index contributed by atoms with van der Waals surface area (Å²) < 4.78 is 1.37. The van der Waals surface area contributed by atoms with Gasteiger partial charge >= 0.3 is 6.03 Å². The zero-order valence-electron chi connectivity index (χ0n) is 22.0. The molecule has 5 aromatic rings. The molecule has 2 heterocycles. The summed E-state index contributed by atoms with van der Waals surface area (Å²) in [5, 5.41) is 27.8. The Labute approximate surface area is 244 Å². The third kappa shape index (κ3) is 5.38. The molecule has 42 heavy (non-hydrogen) atoms. The zero-order valence-corrected chi connectivity index (χ0v) is 22.7. The SMILES string of the molecule is CC(Nc1ncnc(N)c1C#N)c1nc2cccc(Cl)c2c(=O)n1-c1cccc(NC(=O)Nc2ccccc2C#N)c1. The lowest BCUT2D eigenvalue weighted by Gasteiger charge is -2.21. The largest absolute Gasteiger partial charge is 0.382 e. The van der Waals surface area contributed by atoms with E-state index in [2.05, 4.69) is 25.9 Å². The minimum Gasteiger partial charge on any atom is -0.382 e. The number of nitrogens with zero attached hydrogens (tertiary/aromatic N) is 6. The highest BCUT2D eigenvalue weighted by atomic mass is 35.5. The van der Waals surface area contributed by atoms with Crippen molar-refractivity contribution in [2.45, 2.75) is 13.0 Å². The predicted octanol–water partition coefficient (Wildman–Crippen LogP) is 4.97. The van der Waals surface area contributed by atoms with Crippen molar-refractivity contribution in [3.63, 3.8) is 0 Å². The van der Waals surface area contributed by atoms with E-state index in [1.807, 2.05) is 12.1 Å². The highest BCUT2D eigenvalue weighted by molar-refractivity contribution is 6.35. The molecule has 206 valence electrons. The second-order valence-corrected chi connectivity index (χ2v) is 9.40. The minimum atomic E-state index is -0.662. The number of amides is 2. The molecular weight excluding hydrogens is 556 g/mol. The van der Waals surface area contributed by atoms with Gasteiger partial charge in [0.25, 0.3) is 5.56 Å². The number of nitrogen functional groups attached to an aromatic ring is 1. The van der Waals surface area contributed by atoms with E-state index in [4.69, 9.17) is 22.3 Å². The smallest absolute Gasteiger partial charge is 0.323 e. The first-order valence-corrected chi connectivity index (χ1v) is 12.8. The monoisotopic (exact) mass is 576 g/mol. The first-order chi connectivity index (χ1) is 20.3. The number of anilines is 4. The molecule has 0 aliphatic heterocycles. The number of benzene rings is 3. The number of nitrogens with two attached hydrogens (primary N) is 1. The van der Waals surface area contributed by atoms with Crippen molar-refractivity contribution in [1.82, 2.24) is 19.5 Å². The number of fused-ring (bicyclic) bond motifs is 1. The van der Waals surface area contributed by atoms with Gasteiger partial charge in [-0.15, -0.1) is 0 Å². The normalized spacial score (nSPS) is 11.2. The zero-order chi connectivity index (χ0) is 29.8. The maximum atomic E-state index is 13.9. The van der Waals surface area contributed by atoms with Gasteiger partial charge in [0.05, 0.1) is 38.9 Å². The van der Waals surface area contributed by atoms with Crippen LogP contribution in [0.5, 0.6) is 0 Å². The van der Waals surface area contributed by atoms with Crippen molar-refractivity contribution < 1.29 is 4.79 Å². The Kier molecular flexibility index (Phi) is 7.64. The molecule has 5 N–H and O–H groups in total. The van der Waals surface area contributed by atoms with E-state index in [-0.39, 0.29) is 33.4 Å². The fraction of sp³-hybridized carbons (Fsp3) is 0.0690. The van der Waals surface area contributed by atoms with Gasteiger partial charge in [0.15, 0.2) is 0 Å². The first-order valence-electron chi connectivity index (χ1n) is 12.5. The highest BCUT2D eigenvalue weighted by Crippen LogP contribution is 2.27. The van der Waals surface area contributed by atoms with Crippen LogP contribution in [0.4, 0.5) is 27.8 Å². The van der Waals surface area contributed by atoms with Crippen LogP contribution in [0.15, 0.2) is 77.9 Å². The van der Waals surface area contributed by atoms with Gasteiger partial charge in [0, 0.05) is 5.69 Å². The fourth-order valence-corrected chi connectivity index (χ4v) is 4.58. The van der Waals surface area contributed by atoms with Gasteiger partial charge in [-0.05, 0) is 49.4 Å². The number of nitriles is 2. The maximum Gasteiger partial charge on any atom is 0.323 e. The number of urea groups is 1.